The topological polar surface area (TPSA) is 228 Å². The van der Waals surface area contributed by atoms with Crippen molar-refractivity contribution < 1.29 is 42.9 Å². The Balaban J connectivity index is 1.63. The zero-order valence-corrected chi connectivity index (χ0v) is 20.2. The van der Waals surface area contributed by atoms with Crippen molar-refractivity contribution in [3.63, 3.8) is 0 Å². The number of methoxy groups -OCH3 is 2. The second-order valence-electron chi connectivity index (χ2n) is 7.04. The summed E-state index contributed by atoms with van der Waals surface area (Å²) in [5.41, 5.74) is 0.0344. The lowest BCUT2D eigenvalue weighted by molar-refractivity contribution is -0.123. The van der Waals surface area contributed by atoms with E-state index in [-0.39, 0.29) is 36.2 Å². The fourth-order valence-electron chi connectivity index (χ4n) is 2.49. The summed E-state index contributed by atoms with van der Waals surface area (Å²) in [6.07, 6.45) is 0. The highest BCUT2D eigenvalue weighted by molar-refractivity contribution is 5.98. The molecule has 0 aliphatic carbocycles. The summed E-state index contributed by atoms with van der Waals surface area (Å²) in [7, 11) is 2.76. The molecule has 0 radical (unpaired) electrons. The van der Waals surface area contributed by atoms with Gasteiger partial charge in [-0.2, -0.15) is 10.2 Å². The average molecular weight is 524 g/mol. The number of rotatable bonds is 16. The number of amides is 4. The van der Waals surface area contributed by atoms with E-state index in [4.69, 9.17) is 14.2 Å². The molecule has 0 aliphatic heterocycles. The van der Waals surface area contributed by atoms with E-state index in [1.165, 1.54) is 19.2 Å². The maximum absolute atomic E-state index is 12.2. The normalized spacial score (nSPS) is 10.4. The third-order valence-corrected chi connectivity index (χ3v) is 4.23. The number of hydrogen-bond donors (Lipinski definition) is 6. The third kappa shape index (κ3) is 10.8. The Kier molecular flexibility index (Phi) is 12.2. The molecule has 0 saturated heterocycles. The number of carbonyl (C=O) groups is 5. The van der Waals surface area contributed by atoms with Gasteiger partial charge in [0, 0.05) is 19.2 Å². The summed E-state index contributed by atoms with van der Waals surface area (Å²) in [6, 6.07) is 2.54. The standard InChI is InChI=1S/C20H28N8O9/c1-34-3-4-36-5-6-37-11-18(31)24-14-7-12(25-27-14)19(32)22-9-16(29)21-10-17(30)23-15-8-13(26-28-15)20(33)35-2/h7-8H,3-6,9-11H2,1-2H3,(H,21,29)(H,22,32)(H2,23,26,28,30)(H2,24,25,27,31). The van der Waals surface area contributed by atoms with E-state index in [1.54, 1.807) is 7.11 Å². The Morgan fingerprint density at radius 1 is 0.757 bits per heavy atom. The van der Waals surface area contributed by atoms with Crippen LogP contribution in [0.25, 0.3) is 0 Å². The van der Waals surface area contributed by atoms with Crippen molar-refractivity contribution in [1.29, 1.82) is 0 Å². The first-order valence-corrected chi connectivity index (χ1v) is 10.8. The third-order valence-electron chi connectivity index (χ3n) is 4.23. The van der Waals surface area contributed by atoms with Gasteiger partial charge in [0.25, 0.3) is 11.8 Å². The van der Waals surface area contributed by atoms with Gasteiger partial charge in [0.15, 0.2) is 11.6 Å². The molecule has 0 bridgehead atoms. The van der Waals surface area contributed by atoms with E-state index in [1.807, 2.05) is 0 Å². The van der Waals surface area contributed by atoms with E-state index >= 15 is 0 Å². The number of ether oxygens (including phenoxy) is 4. The number of nitrogens with zero attached hydrogens (tertiary/aromatic N) is 2. The van der Waals surface area contributed by atoms with Crippen LogP contribution < -0.4 is 21.3 Å². The largest absolute Gasteiger partial charge is 0.464 e. The Bertz CT molecular complexity index is 1070. The van der Waals surface area contributed by atoms with Crippen LogP contribution in [0.5, 0.6) is 0 Å². The Morgan fingerprint density at radius 3 is 2.05 bits per heavy atom. The first-order chi connectivity index (χ1) is 17.8. The molecule has 0 aromatic carbocycles. The van der Waals surface area contributed by atoms with Gasteiger partial charge in [0.1, 0.15) is 18.0 Å². The van der Waals surface area contributed by atoms with Crippen LogP contribution in [0.2, 0.25) is 0 Å². The fraction of sp³-hybridized carbons (Fsp3) is 0.450. The molecule has 4 amide bonds. The molecule has 2 aromatic rings. The van der Waals surface area contributed by atoms with Crippen molar-refractivity contribution >= 4 is 41.2 Å². The van der Waals surface area contributed by atoms with Crippen LogP contribution in [-0.2, 0) is 33.3 Å². The molecule has 2 aromatic heterocycles. The highest BCUT2D eigenvalue weighted by atomic mass is 16.5. The summed E-state index contributed by atoms with van der Waals surface area (Å²) >= 11 is 0. The number of carbonyl (C=O) groups excluding carboxylic acids is 5. The van der Waals surface area contributed by atoms with E-state index in [0.717, 1.165) is 0 Å². The highest BCUT2D eigenvalue weighted by Crippen LogP contribution is 2.06. The van der Waals surface area contributed by atoms with Crippen LogP contribution in [0.4, 0.5) is 11.6 Å². The first-order valence-electron chi connectivity index (χ1n) is 10.8. The van der Waals surface area contributed by atoms with Gasteiger partial charge in [-0.05, 0) is 0 Å². The predicted octanol–water partition coefficient (Wildman–Crippen LogP) is -1.98. The maximum Gasteiger partial charge on any atom is 0.356 e. The molecule has 0 unspecified atom stereocenters. The molecule has 2 heterocycles. The summed E-state index contributed by atoms with van der Waals surface area (Å²) in [5.74, 6) is -2.91. The minimum Gasteiger partial charge on any atom is -0.464 e. The summed E-state index contributed by atoms with van der Waals surface area (Å²) in [6.45, 7) is 0.345. The molecule has 0 atom stereocenters. The molecular formula is C20H28N8O9. The molecular weight excluding hydrogens is 496 g/mol. The summed E-state index contributed by atoms with van der Waals surface area (Å²) in [4.78, 5) is 59.2. The molecule has 17 nitrogen and oxygen atoms in total. The molecule has 37 heavy (non-hydrogen) atoms. The van der Waals surface area contributed by atoms with Crippen LogP contribution in [0, 0.1) is 0 Å². The van der Waals surface area contributed by atoms with Gasteiger partial charge in [-0.3, -0.25) is 29.4 Å². The molecule has 0 aliphatic rings. The predicted molar refractivity (Wildman–Crippen MR) is 125 cm³/mol. The number of hydrogen-bond acceptors (Lipinski definition) is 11. The molecule has 0 spiro atoms. The SMILES string of the molecule is COCCOCCOCC(=O)Nc1cc(C(=O)NCC(=O)NCC(=O)Nc2cc(C(=O)OC)[nH]n2)[nH]n1. The molecule has 202 valence electrons. The van der Waals surface area contributed by atoms with E-state index in [0.29, 0.717) is 19.8 Å². The number of aromatic nitrogens is 4. The van der Waals surface area contributed by atoms with Gasteiger partial charge in [0.05, 0.1) is 46.6 Å². The van der Waals surface area contributed by atoms with E-state index < -0.39 is 42.7 Å². The zero-order valence-electron chi connectivity index (χ0n) is 20.2. The van der Waals surface area contributed by atoms with Crippen molar-refractivity contribution in [3.05, 3.63) is 23.5 Å². The number of nitrogens with one attached hydrogen (secondary N) is 6. The quantitative estimate of drug-likeness (QED) is 0.104. The van der Waals surface area contributed by atoms with Gasteiger partial charge < -0.3 is 40.2 Å². The molecule has 0 fully saturated rings. The van der Waals surface area contributed by atoms with Crippen molar-refractivity contribution in [3.8, 4) is 0 Å². The van der Waals surface area contributed by atoms with Gasteiger partial charge in [-0.15, -0.1) is 0 Å². The smallest absolute Gasteiger partial charge is 0.356 e. The maximum atomic E-state index is 12.2. The monoisotopic (exact) mass is 524 g/mol. The first kappa shape index (κ1) is 28.9. The van der Waals surface area contributed by atoms with Gasteiger partial charge >= 0.3 is 5.97 Å². The van der Waals surface area contributed by atoms with Crippen LogP contribution in [0.15, 0.2) is 12.1 Å². The van der Waals surface area contributed by atoms with Crippen LogP contribution in [-0.4, -0.2) is 110 Å². The van der Waals surface area contributed by atoms with Gasteiger partial charge in [0.2, 0.25) is 11.8 Å². The van der Waals surface area contributed by atoms with Crippen LogP contribution in [0.3, 0.4) is 0 Å². The van der Waals surface area contributed by atoms with Crippen LogP contribution >= 0.6 is 0 Å². The van der Waals surface area contributed by atoms with E-state index in [2.05, 4.69) is 46.4 Å². The second kappa shape index (κ2) is 15.6. The zero-order chi connectivity index (χ0) is 27.0. The fourth-order valence-corrected chi connectivity index (χ4v) is 2.49. The Labute approximate surface area is 210 Å². The minimum absolute atomic E-state index is 0.00625. The van der Waals surface area contributed by atoms with Crippen molar-refractivity contribution in [2.45, 2.75) is 0 Å². The number of H-pyrrole nitrogens is 2. The molecule has 17 heteroatoms. The Morgan fingerprint density at radius 2 is 1.35 bits per heavy atom. The van der Waals surface area contributed by atoms with Crippen molar-refractivity contribution in [2.24, 2.45) is 0 Å². The van der Waals surface area contributed by atoms with Crippen LogP contribution in [0.1, 0.15) is 21.0 Å². The lowest BCUT2D eigenvalue weighted by atomic mass is 10.4. The highest BCUT2D eigenvalue weighted by Gasteiger charge is 2.15. The van der Waals surface area contributed by atoms with Gasteiger partial charge in [-0.25, -0.2) is 4.79 Å². The lowest BCUT2D eigenvalue weighted by Gasteiger charge is -2.06. The number of aromatic amines is 2. The number of esters is 1. The lowest BCUT2D eigenvalue weighted by Crippen LogP contribution is -2.40. The summed E-state index contributed by atoms with van der Waals surface area (Å²) in [5, 5.41) is 21.8. The minimum atomic E-state index is -0.663. The second-order valence-corrected chi connectivity index (χ2v) is 7.04. The molecule has 2 rings (SSSR count). The molecule has 0 saturated carbocycles. The van der Waals surface area contributed by atoms with E-state index in [9.17, 15) is 24.0 Å². The van der Waals surface area contributed by atoms with Crippen molar-refractivity contribution in [2.75, 3.05) is 71.0 Å². The van der Waals surface area contributed by atoms with Gasteiger partial charge in [-0.1, -0.05) is 0 Å². The average Bonchev–Trinajstić information content (AvgIpc) is 3.55. The van der Waals surface area contributed by atoms with Crippen molar-refractivity contribution in [1.82, 2.24) is 31.0 Å². The Hall–Kier alpha value is -4.35. The molecule has 6 N–H and O–H groups in total. The number of anilines is 2. The summed E-state index contributed by atoms with van der Waals surface area (Å²) < 4.78 is 19.7.